The number of aromatic nitrogens is 2. The molecule has 2 atom stereocenters. The van der Waals surface area contributed by atoms with Crippen LogP contribution in [0.2, 0.25) is 5.15 Å². The molecular weight excluding hydrogens is 248 g/mol. The van der Waals surface area contributed by atoms with Crippen molar-refractivity contribution in [2.75, 3.05) is 13.1 Å². The van der Waals surface area contributed by atoms with E-state index in [1.54, 1.807) is 12.4 Å². The fourth-order valence-corrected chi connectivity index (χ4v) is 2.96. The maximum absolute atomic E-state index is 5.86. The lowest BCUT2D eigenvalue weighted by atomic mass is 10.0. The van der Waals surface area contributed by atoms with E-state index in [9.17, 15) is 0 Å². The first kappa shape index (κ1) is 13.7. The second-order valence-electron chi connectivity index (χ2n) is 4.89. The Kier molecular flexibility index (Phi) is 4.92. The van der Waals surface area contributed by atoms with Crippen molar-refractivity contribution in [3.63, 3.8) is 0 Å². The average Bonchev–Trinajstić information content (AvgIpc) is 2.86. The average molecular weight is 269 g/mol. The lowest BCUT2D eigenvalue weighted by Gasteiger charge is -2.31. The fraction of sp³-hybridized carbons (Fsp3) is 0.692. The van der Waals surface area contributed by atoms with Crippen LogP contribution in [-0.2, 0) is 6.54 Å². The summed E-state index contributed by atoms with van der Waals surface area (Å²) in [5.74, 6) is 0.630. The van der Waals surface area contributed by atoms with Gasteiger partial charge in [0.15, 0.2) is 0 Å². The fourth-order valence-electron chi connectivity index (χ4n) is 2.87. The molecule has 2 rings (SSSR count). The molecule has 100 valence electrons. The van der Waals surface area contributed by atoms with Crippen LogP contribution in [0.4, 0.5) is 0 Å². The topological polar surface area (TPSA) is 55.0 Å². The highest BCUT2D eigenvalue weighted by molar-refractivity contribution is 6.29. The molecule has 0 aliphatic heterocycles. The Bertz CT molecular complexity index is 368. The Morgan fingerprint density at radius 3 is 2.83 bits per heavy atom. The summed E-state index contributed by atoms with van der Waals surface area (Å²) in [5, 5.41) is 0.447. The van der Waals surface area contributed by atoms with Gasteiger partial charge in [-0.2, -0.15) is 0 Å². The molecule has 5 heteroatoms. The van der Waals surface area contributed by atoms with Gasteiger partial charge in [0.05, 0.1) is 18.1 Å². The molecule has 2 unspecified atom stereocenters. The minimum atomic E-state index is 0.447. The highest BCUT2D eigenvalue weighted by Crippen LogP contribution is 2.29. The van der Waals surface area contributed by atoms with E-state index in [1.807, 2.05) is 0 Å². The molecule has 0 spiro atoms. The molecule has 0 radical (unpaired) electrons. The van der Waals surface area contributed by atoms with Crippen molar-refractivity contribution in [1.29, 1.82) is 0 Å². The summed E-state index contributed by atoms with van der Waals surface area (Å²) in [4.78, 5) is 10.9. The molecule has 0 amide bonds. The third-order valence-corrected chi connectivity index (χ3v) is 4.03. The number of hydrogen-bond acceptors (Lipinski definition) is 4. The van der Waals surface area contributed by atoms with Gasteiger partial charge in [0.2, 0.25) is 0 Å². The second kappa shape index (κ2) is 6.45. The molecule has 4 nitrogen and oxygen atoms in total. The zero-order valence-corrected chi connectivity index (χ0v) is 11.6. The Hall–Kier alpha value is -0.710. The van der Waals surface area contributed by atoms with Crippen LogP contribution in [0.25, 0.3) is 0 Å². The molecule has 0 saturated heterocycles. The van der Waals surface area contributed by atoms with Gasteiger partial charge in [-0.25, -0.2) is 4.98 Å². The summed E-state index contributed by atoms with van der Waals surface area (Å²) < 4.78 is 0. The quantitative estimate of drug-likeness (QED) is 0.888. The van der Waals surface area contributed by atoms with Crippen LogP contribution in [0.5, 0.6) is 0 Å². The molecule has 2 N–H and O–H groups in total. The lowest BCUT2D eigenvalue weighted by molar-refractivity contribution is 0.160. The summed E-state index contributed by atoms with van der Waals surface area (Å²) in [5.41, 5.74) is 6.83. The Morgan fingerprint density at radius 1 is 1.39 bits per heavy atom. The zero-order valence-electron chi connectivity index (χ0n) is 10.8. The highest BCUT2D eigenvalue weighted by Gasteiger charge is 2.30. The SMILES string of the molecule is CCN(Cc1cnc(Cl)cn1)C1CCCC1CN. The van der Waals surface area contributed by atoms with Crippen molar-refractivity contribution in [1.82, 2.24) is 14.9 Å². The molecule has 1 aromatic rings. The van der Waals surface area contributed by atoms with Crippen LogP contribution >= 0.6 is 11.6 Å². The third-order valence-electron chi connectivity index (χ3n) is 3.84. The van der Waals surface area contributed by atoms with Crippen LogP contribution in [0.1, 0.15) is 31.9 Å². The molecule has 0 bridgehead atoms. The maximum Gasteiger partial charge on any atom is 0.147 e. The van der Waals surface area contributed by atoms with Crippen molar-refractivity contribution in [2.24, 2.45) is 11.7 Å². The van der Waals surface area contributed by atoms with Crippen LogP contribution < -0.4 is 5.73 Å². The van der Waals surface area contributed by atoms with Gasteiger partial charge >= 0.3 is 0 Å². The number of halogens is 1. The smallest absolute Gasteiger partial charge is 0.147 e. The first-order valence-electron chi connectivity index (χ1n) is 6.65. The van der Waals surface area contributed by atoms with Crippen molar-refractivity contribution in [3.8, 4) is 0 Å². The van der Waals surface area contributed by atoms with Crippen molar-refractivity contribution in [3.05, 3.63) is 23.2 Å². The number of nitrogens with zero attached hydrogens (tertiary/aromatic N) is 3. The minimum absolute atomic E-state index is 0.447. The predicted molar refractivity (Wildman–Crippen MR) is 73.3 cm³/mol. The van der Waals surface area contributed by atoms with E-state index in [0.717, 1.165) is 25.3 Å². The van der Waals surface area contributed by atoms with Crippen molar-refractivity contribution < 1.29 is 0 Å². The molecule has 1 aliphatic carbocycles. The Labute approximate surface area is 114 Å². The summed E-state index contributed by atoms with van der Waals surface area (Å²) >= 11 is 5.75. The first-order chi connectivity index (χ1) is 8.74. The van der Waals surface area contributed by atoms with E-state index in [2.05, 4.69) is 21.8 Å². The van der Waals surface area contributed by atoms with Gasteiger partial charge in [-0.15, -0.1) is 0 Å². The van der Waals surface area contributed by atoms with E-state index in [1.165, 1.54) is 19.3 Å². The van der Waals surface area contributed by atoms with E-state index < -0.39 is 0 Å². The number of nitrogens with two attached hydrogens (primary N) is 1. The number of hydrogen-bond donors (Lipinski definition) is 1. The van der Waals surface area contributed by atoms with Gasteiger partial charge in [0, 0.05) is 12.6 Å². The number of rotatable bonds is 5. The van der Waals surface area contributed by atoms with Gasteiger partial charge in [-0.1, -0.05) is 24.9 Å². The molecule has 1 saturated carbocycles. The summed E-state index contributed by atoms with van der Waals surface area (Å²) in [6, 6.07) is 0.595. The van der Waals surface area contributed by atoms with E-state index in [0.29, 0.717) is 17.1 Å². The van der Waals surface area contributed by atoms with Crippen molar-refractivity contribution >= 4 is 11.6 Å². The summed E-state index contributed by atoms with van der Waals surface area (Å²) in [6.07, 6.45) is 7.16. The van der Waals surface area contributed by atoms with E-state index >= 15 is 0 Å². The van der Waals surface area contributed by atoms with Gasteiger partial charge in [0.25, 0.3) is 0 Å². The Balaban J connectivity index is 2.02. The van der Waals surface area contributed by atoms with Crippen molar-refractivity contribution in [2.45, 2.75) is 38.8 Å². The molecule has 0 aromatic carbocycles. The molecular formula is C13H21ClN4. The van der Waals surface area contributed by atoms with Crippen LogP contribution in [0.15, 0.2) is 12.4 Å². The molecule has 1 aromatic heterocycles. The van der Waals surface area contributed by atoms with Crippen LogP contribution in [0, 0.1) is 5.92 Å². The van der Waals surface area contributed by atoms with Gasteiger partial charge in [0.1, 0.15) is 5.15 Å². The van der Waals surface area contributed by atoms with Gasteiger partial charge in [-0.05, 0) is 31.8 Å². The second-order valence-corrected chi connectivity index (χ2v) is 5.27. The van der Waals surface area contributed by atoms with E-state index in [4.69, 9.17) is 17.3 Å². The summed E-state index contributed by atoms with van der Waals surface area (Å²) in [6.45, 7) is 4.83. The molecule has 1 aliphatic rings. The largest absolute Gasteiger partial charge is 0.330 e. The molecule has 1 fully saturated rings. The van der Waals surface area contributed by atoms with Gasteiger partial charge in [-0.3, -0.25) is 9.88 Å². The minimum Gasteiger partial charge on any atom is -0.330 e. The maximum atomic E-state index is 5.86. The lowest BCUT2D eigenvalue weighted by Crippen LogP contribution is -2.40. The summed E-state index contributed by atoms with van der Waals surface area (Å²) in [7, 11) is 0. The standard InChI is InChI=1S/C13H21ClN4/c1-2-18(12-5-3-4-10(12)6-15)9-11-7-17-13(14)8-16-11/h7-8,10,12H,2-6,9,15H2,1H3. The first-order valence-corrected chi connectivity index (χ1v) is 7.03. The van der Waals surface area contributed by atoms with E-state index in [-0.39, 0.29) is 0 Å². The predicted octanol–water partition coefficient (Wildman–Crippen LogP) is 2.08. The normalized spacial score (nSPS) is 23.8. The zero-order chi connectivity index (χ0) is 13.0. The van der Waals surface area contributed by atoms with Crippen LogP contribution in [-0.4, -0.2) is 34.0 Å². The monoisotopic (exact) mass is 268 g/mol. The van der Waals surface area contributed by atoms with Gasteiger partial charge < -0.3 is 5.73 Å². The Morgan fingerprint density at radius 2 is 2.22 bits per heavy atom. The molecule has 18 heavy (non-hydrogen) atoms. The third kappa shape index (κ3) is 3.19. The van der Waals surface area contributed by atoms with Crippen LogP contribution in [0.3, 0.4) is 0 Å². The highest BCUT2D eigenvalue weighted by atomic mass is 35.5. The molecule has 1 heterocycles.